The second-order valence-corrected chi connectivity index (χ2v) is 10.9. The first kappa shape index (κ1) is 23.4. The fraction of sp³-hybridized carbons (Fsp3) is 0.593. The first-order valence-corrected chi connectivity index (χ1v) is 13.1. The van der Waals surface area contributed by atoms with E-state index in [4.69, 9.17) is 0 Å². The highest BCUT2D eigenvalue weighted by atomic mass is 19.3. The Kier molecular flexibility index (Phi) is 5.76. The Bertz CT molecular complexity index is 1200. The fourth-order valence-corrected chi connectivity index (χ4v) is 6.31. The Hall–Kier alpha value is -2.97. The van der Waals surface area contributed by atoms with Crippen LogP contribution in [0.2, 0.25) is 0 Å². The van der Waals surface area contributed by atoms with Crippen LogP contribution in [0.1, 0.15) is 51.6 Å². The molecular formula is C27H33F2N5O2. The number of piperazine rings is 1. The van der Waals surface area contributed by atoms with Crippen LogP contribution in [0.5, 0.6) is 0 Å². The van der Waals surface area contributed by atoms with E-state index < -0.39 is 12.3 Å². The standard InChI is InChI=1S/C27H33F2N5O2/c1-16-4-3-5-21(17(16)2)31-8-10-32(11-9-31)23(35)15-34-22-13-19-12-20(19)24(22)25(30-34)27(36)33-7-6-18(14-33)26(28)29/h3-5,18-20,26H,6-15H2,1-2H3/t18?,19-,20-/m1/s1. The van der Waals surface area contributed by atoms with Crippen LogP contribution in [0, 0.1) is 25.7 Å². The van der Waals surface area contributed by atoms with Gasteiger partial charge >= 0.3 is 0 Å². The molecule has 2 saturated heterocycles. The summed E-state index contributed by atoms with van der Waals surface area (Å²) in [5.74, 6) is -0.145. The number of aromatic nitrogens is 2. The van der Waals surface area contributed by atoms with E-state index in [1.54, 1.807) is 4.68 Å². The van der Waals surface area contributed by atoms with Gasteiger partial charge in [0.25, 0.3) is 5.91 Å². The summed E-state index contributed by atoms with van der Waals surface area (Å²) in [5.41, 5.74) is 6.12. The summed E-state index contributed by atoms with van der Waals surface area (Å²) < 4.78 is 28.0. The molecule has 9 heteroatoms. The number of nitrogens with zero attached hydrogens (tertiary/aromatic N) is 5. The van der Waals surface area contributed by atoms with Crippen LogP contribution >= 0.6 is 0 Å². The number of carbonyl (C=O) groups is 2. The molecule has 0 bridgehead atoms. The summed E-state index contributed by atoms with van der Waals surface area (Å²) in [5, 5.41) is 4.62. The Morgan fingerprint density at radius 2 is 1.86 bits per heavy atom. The number of likely N-dealkylation sites (tertiary alicyclic amines) is 1. The lowest BCUT2D eigenvalue weighted by molar-refractivity contribution is -0.132. The number of hydrogen-bond donors (Lipinski definition) is 0. The van der Waals surface area contributed by atoms with E-state index in [1.807, 2.05) is 4.90 Å². The largest absolute Gasteiger partial charge is 0.368 e. The molecule has 2 aliphatic carbocycles. The zero-order chi connectivity index (χ0) is 25.1. The van der Waals surface area contributed by atoms with Gasteiger partial charge in [-0.15, -0.1) is 0 Å². The van der Waals surface area contributed by atoms with E-state index in [9.17, 15) is 18.4 Å². The molecule has 4 aliphatic rings. The van der Waals surface area contributed by atoms with Crippen molar-refractivity contribution in [1.29, 1.82) is 0 Å². The van der Waals surface area contributed by atoms with Gasteiger partial charge in [0.1, 0.15) is 6.54 Å². The van der Waals surface area contributed by atoms with E-state index in [2.05, 4.69) is 42.0 Å². The van der Waals surface area contributed by atoms with Crippen LogP contribution in [-0.2, 0) is 17.8 Å². The molecule has 0 radical (unpaired) electrons. The van der Waals surface area contributed by atoms with Crippen LogP contribution in [-0.4, -0.2) is 77.1 Å². The number of fused-ring (bicyclic) bond motifs is 3. The smallest absolute Gasteiger partial charge is 0.274 e. The van der Waals surface area contributed by atoms with Crippen LogP contribution in [0.3, 0.4) is 0 Å². The quantitative estimate of drug-likeness (QED) is 0.637. The summed E-state index contributed by atoms with van der Waals surface area (Å²) in [7, 11) is 0. The zero-order valence-corrected chi connectivity index (χ0v) is 20.9. The van der Waals surface area contributed by atoms with Gasteiger partial charge < -0.3 is 14.7 Å². The molecule has 1 saturated carbocycles. The lowest BCUT2D eigenvalue weighted by atomic mass is 10.1. The number of benzene rings is 1. The minimum atomic E-state index is -2.41. The molecule has 0 N–H and O–H groups in total. The first-order chi connectivity index (χ1) is 17.3. The Labute approximate surface area is 210 Å². The van der Waals surface area contributed by atoms with Gasteiger partial charge in [0.15, 0.2) is 5.69 Å². The number of alkyl halides is 2. The molecule has 7 nitrogen and oxygen atoms in total. The number of hydrogen-bond acceptors (Lipinski definition) is 4. The highest BCUT2D eigenvalue weighted by molar-refractivity contribution is 5.95. The van der Waals surface area contributed by atoms with Crippen LogP contribution in [0.25, 0.3) is 0 Å². The summed E-state index contributed by atoms with van der Waals surface area (Å²) >= 11 is 0. The number of halogens is 2. The maximum atomic E-state index is 13.3. The molecule has 2 amide bonds. The topological polar surface area (TPSA) is 61.7 Å². The second-order valence-electron chi connectivity index (χ2n) is 10.9. The van der Waals surface area contributed by atoms with Gasteiger partial charge in [0, 0.05) is 62.1 Å². The highest BCUT2D eigenvalue weighted by Gasteiger charge is 2.51. The predicted octanol–water partition coefficient (Wildman–Crippen LogP) is 3.24. The third-order valence-corrected chi connectivity index (χ3v) is 8.75. The predicted molar refractivity (Wildman–Crippen MR) is 132 cm³/mol. The molecule has 1 unspecified atom stereocenters. The minimum absolute atomic E-state index is 0.0134. The molecule has 3 fully saturated rings. The summed E-state index contributed by atoms with van der Waals surface area (Å²) in [6, 6.07) is 6.33. The monoisotopic (exact) mass is 497 g/mol. The fourth-order valence-electron chi connectivity index (χ4n) is 6.31. The van der Waals surface area contributed by atoms with E-state index in [0.29, 0.717) is 43.6 Å². The number of carbonyl (C=O) groups excluding carboxylic acids is 2. The van der Waals surface area contributed by atoms with Crippen molar-refractivity contribution in [2.24, 2.45) is 11.8 Å². The number of anilines is 1. The van der Waals surface area contributed by atoms with Gasteiger partial charge in [-0.1, -0.05) is 12.1 Å². The van der Waals surface area contributed by atoms with Gasteiger partial charge in [-0.25, -0.2) is 8.78 Å². The summed E-state index contributed by atoms with van der Waals surface area (Å²) in [4.78, 5) is 32.3. The average molecular weight is 498 g/mol. The SMILES string of the molecule is Cc1cccc(N2CCN(C(=O)Cn3nc(C(=O)N4CCC(C(F)F)C4)c4c3C[C@H]3C[C@@H]43)CC2)c1C. The van der Waals surface area contributed by atoms with Crippen molar-refractivity contribution in [3.63, 3.8) is 0 Å². The third-order valence-electron chi connectivity index (χ3n) is 8.75. The molecule has 2 aliphatic heterocycles. The first-order valence-electron chi connectivity index (χ1n) is 13.1. The van der Waals surface area contributed by atoms with Crippen LogP contribution in [0.15, 0.2) is 18.2 Å². The lowest BCUT2D eigenvalue weighted by Gasteiger charge is -2.37. The van der Waals surface area contributed by atoms with Crippen LogP contribution in [0.4, 0.5) is 14.5 Å². The molecule has 192 valence electrons. The summed E-state index contributed by atoms with van der Waals surface area (Å²) in [6.45, 7) is 7.65. The van der Waals surface area contributed by atoms with Crippen LogP contribution < -0.4 is 4.90 Å². The van der Waals surface area contributed by atoms with Crippen molar-refractivity contribution in [2.45, 2.75) is 52.0 Å². The Morgan fingerprint density at radius 3 is 2.58 bits per heavy atom. The van der Waals surface area contributed by atoms with Crippen molar-refractivity contribution in [3.8, 4) is 0 Å². The molecule has 0 spiro atoms. The Morgan fingerprint density at radius 1 is 1.08 bits per heavy atom. The number of amides is 2. The van der Waals surface area contributed by atoms with Gasteiger partial charge in [0.05, 0.1) is 0 Å². The number of rotatable bonds is 5. The summed E-state index contributed by atoms with van der Waals surface area (Å²) in [6.07, 6.45) is -0.197. The van der Waals surface area contributed by atoms with Crippen molar-refractivity contribution in [1.82, 2.24) is 19.6 Å². The molecule has 36 heavy (non-hydrogen) atoms. The van der Waals surface area contributed by atoms with E-state index in [-0.39, 0.29) is 24.9 Å². The van der Waals surface area contributed by atoms with E-state index in [1.165, 1.54) is 21.7 Å². The molecule has 1 aromatic carbocycles. The van der Waals surface area contributed by atoms with Crippen molar-refractivity contribution in [3.05, 3.63) is 46.3 Å². The second kappa shape index (κ2) is 8.85. The molecule has 3 heterocycles. The molecule has 2 aromatic rings. The zero-order valence-electron chi connectivity index (χ0n) is 20.9. The Balaban J connectivity index is 1.14. The van der Waals surface area contributed by atoms with Crippen molar-refractivity contribution >= 4 is 17.5 Å². The van der Waals surface area contributed by atoms with Gasteiger partial charge in [-0.3, -0.25) is 14.3 Å². The van der Waals surface area contributed by atoms with Gasteiger partial charge in [0.2, 0.25) is 12.3 Å². The normalized spacial score (nSPS) is 24.9. The van der Waals surface area contributed by atoms with Crippen molar-refractivity contribution < 1.29 is 18.4 Å². The van der Waals surface area contributed by atoms with Crippen molar-refractivity contribution in [2.75, 3.05) is 44.2 Å². The van der Waals surface area contributed by atoms with Gasteiger partial charge in [-0.2, -0.15) is 5.10 Å². The molecule has 1 aromatic heterocycles. The number of aryl methyl sites for hydroxylation is 1. The maximum absolute atomic E-state index is 13.3. The van der Waals surface area contributed by atoms with E-state index in [0.717, 1.165) is 37.2 Å². The molecular weight excluding hydrogens is 464 g/mol. The average Bonchev–Trinajstić information content (AvgIpc) is 3.21. The van der Waals surface area contributed by atoms with Gasteiger partial charge in [-0.05, 0) is 62.1 Å². The molecule has 3 atom stereocenters. The lowest BCUT2D eigenvalue weighted by Crippen LogP contribution is -2.50. The highest BCUT2D eigenvalue weighted by Crippen LogP contribution is 2.57. The molecule has 6 rings (SSSR count). The van der Waals surface area contributed by atoms with E-state index >= 15 is 0 Å². The maximum Gasteiger partial charge on any atom is 0.274 e. The minimum Gasteiger partial charge on any atom is -0.368 e. The third kappa shape index (κ3) is 3.96.